The molecule has 3 heterocycles. The average Bonchev–Trinajstić information content (AvgIpc) is 3.12. The average molecular weight is 744 g/mol. The summed E-state index contributed by atoms with van der Waals surface area (Å²) in [6, 6.07) is 24.3. The van der Waals surface area contributed by atoms with E-state index in [9.17, 15) is 18.4 Å². The summed E-state index contributed by atoms with van der Waals surface area (Å²) in [4.78, 5) is 35.7. The highest BCUT2D eigenvalue weighted by Gasteiger charge is 2.32. The highest BCUT2D eigenvalue weighted by Crippen LogP contribution is 2.33. The minimum atomic E-state index is -2.89. The molecular weight excluding hydrogens is 692 g/mol. The Bertz CT molecular complexity index is 1840. The maximum absolute atomic E-state index is 14.3. The molecule has 288 valence electrons. The molecule has 4 aromatic rings. The number of halogens is 2. The van der Waals surface area contributed by atoms with Gasteiger partial charge < -0.3 is 29.7 Å². The summed E-state index contributed by atoms with van der Waals surface area (Å²) in [6.45, 7) is 12.6. The second kappa shape index (κ2) is 17.7. The molecule has 0 spiro atoms. The van der Waals surface area contributed by atoms with Gasteiger partial charge in [-0.3, -0.25) is 0 Å². The zero-order valence-corrected chi connectivity index (χ0v) is 31.9. The van der Waals surface area contributed by atoms with Crippen molar-refractivity contribution in [2.45, 2.75) is 90.9 Å². The first-order valence-electron chi connectivity index (χ1n) is 18.4. The minimum absolute atomic E-state index is 0.0592. The maximum Gasteiger partial charge on any atom is 0.410 e. The number of rotatable bonds is 13. The van der Waals surface area contributed by atoms with Crippen molar-refractivity contribution in [3.8, 4) is 17.0 Å². The van der Waals surface area contributed by atoms with Crippen LogP contribution in [-0.4, -0.2) is 57.9 Å². The number of hydrogen-bond acceptors (Lipinski definition) is 8. The molecule has 54 heavy (non-hydrogen) atoms. The number of likely N-dealkylation sites (tertiary alicyclic amines) is 1. The lowest BCUT2D eigenvalue weighted by molar-refractivity contribution is 0.0403. The number of piperidine rings is 1. The highest BCUT2D eigenvalue weighted by atomic mass is 19.3. The van der Waals surface area contributed by atoms with E-state index < -0.39 is 29.4 Å². The van der Waals surface area contributed by atoms with Crippen LogP contribution in [0.25, 0.3) is 11.3 Å². The van der Waals surface area contributed by atoms with Gasteiger partial charge in [-0.1, -0.05) is 56.3 Å². The molecule has 0 bridgehead atoms. The van der Waals surface area contributed by atoms with Gasteiger partial charge in [0.25, 0.3) is 6.43 Å². The molecule has 2 N–H and O–H groups in total. The summed E-state index contributed by atoms with van der Waals surface area (Å²) in [7, 11) is 0. The summed E-state index contributed by atoms with van der Waals surface area (Å²) in [5.74, 6) is 0.979. The topological polar surface area (TPSA) is 115 Å². The molecule has 12 heteroatoms. The van der Waals surface area contributed by atoms with Gasteiger partial charge in [0.05, 0.1) is 11.2 Å². The molecule has 1 aliphatic rings. The fourth-order valence-electron chi connectivity index (χ4n) is 6.59. The molecule has 1 fully saturated rings. The molecule has 0 saturated carbocycles. The van der Waals surface area contributed by atoms with E-state index >= 15 is 0 Å². The van der Waals surface area contributed by atoms with Crippen LogP contribution in [-0.2, 0) is 16.1 Å². The maximum atomic E-state index is 14.3. The summed E-state index contributed by atoms with van der Waals surface area (Å²) < 4.78 is 45.6. The molecule has 2 aromatic heterocycles. The Labute approximate surface area is 316 Å². The van der Waals surface area contributed by atoms with Crippen molar-refractivity contribution in [1.29, 1.82) is 0 Å². The van der Waals surface area contributed by atoms with Crippen LogP contribution in [0.15, 0.2) is 85.1 Å². The predicted octanol–water partition coefficient (Wildman–Crippen LogP) is 10.0. The first-order valence-corrected chi connectivity index (χ1v) is 18.4. The number of benzene rings is 2. The number of alkyl carbamates (subject to hydrolysis) is 1. The lowest BCUT2D eigenvalue weighted by Gasteiger charge is -2.33. The third-order valence-electron chi connectivity index (χ3n) is 8.97. The molecule has 0 aliphatic carbocycles. The molecule has 0 radical (unpaired) electrons. The Kier molecular flexibility index (Phi) is 13.1. The van der Waals surface area contributed by atoms with Gasteiger partial charge in [0, 0.05) is 30.5 Å². The monoisotopic (exact) mass is 743 g/mol. The molecule has 10 nitrogen and oxygen atoms in total. The first-order chi connectivity index (χ1) is 25.7. The second-order valence-corrected chi connectivity index (χ2v) is 15.4. The smallest absolute Gasteiger partial charge is 0.410 e. The predicted molar refractivity (Wildman–Crippen MR) is 205 cm³/mol. The van der Waals surface area contributed by atoms with Crippen LogP contribution in [0.4, 0.5) is 29.9 Å². The van der Waals surface area contributed by atoms with Crippen molar-refractivity contribution in [1.82, 2.24) is 20.2 Å². The number of alkyl halides is 2. The number of carbonyl (C=O) groups is 2. The minimum Gasteiger partial charge on any atom is -0.489 e. The lowest BCUT2D eigenvalue weighted by Crippen LogP contribution is -2.52. The SMILES string of the molecule is CC(C)C[C@@](C)(COc1ccc(-c2ccnc(Nc3ccc(C4CCN(C(=O)OCc5ccccc5)CC4)cc3)c2)nc1C(F)F)NC(=O)OC(C)(C)C. The number of carbonyl (C=O) groups excluding carboxylic acids is 2. The standard InChI is InChI=1S/C42H51F2N5O5/c1-28(2)25-42(6,48-39(50)54-41(3,4)5)27-53-35-17-16-34(47-37(35)38(43)44)32-18-21-45-36(24-32)46-33-14-12-30(13-15-33)31-19-22-49(23-20-31)40(51)52-26-29-10-8-7-9-11-29/h7-18,21,24,28,31,38H,19-20,22-23,25-27H2,1-6H3,(H,45,46)(H,48,50)/t42-/m0/s1. The quantitative estimate of drug-likeness (QED) is 0.139. The zero-order chi connectivity index (χ0) is 38.9. The van der Waals surface area contributed by atoms with Crippen molar-refractivity contribution in [2.24, 2.45) is 5.92 Å². The molecule has 1 atom stereocenters. The Balaban J connectivity index is 1.19. The number of aromatic nitrogens is 2. The van der Waals surface area contributed by atoms with Crippen LogP contribution in [0.3, 0.4) is 0 Å². The number of anilines is 2. The number of nitrogens with one attached hydrogen (secondary N) is 2. The van der Waals surface area contributed by atoms with E-state index in [1.807, 2.05) is 56.3 Å². The third kappa shape index (κ3) is 11.6. The largest absolute Gasteiger partial charge is 0.489 e. The van der Waals surface area contributed by atoms with Gasteiger partial charge >= 0.3 is 12.2 Å². The Morgan fingerprint density at radius 3 is 2.30 bits per heavy atom. The zero-order valence-electron chi connectivity index (χ0n) is 31.9. The van der Waals surface area contributed by atoms with E-state index in [4.69, 9.17) is 14.2 Å². The van der Waals surface area contributed by atoms with Crippen molar-refractivity contribution < 1.29 is 32.6 Å². The number of pyridine rings is 2. The van der Waals surface area contributed by atoms with E-state index in [2.05, 4.69) is 32.7 Å². The van der Waals surface area contributed by atoms with Crippen LogP contribution in [0.2, 0.25) is 0 Å². The third-order valence-corrected chi connectivity index (χ3v) is 8.97. The first kappa shape index (κ1) is 39.9. The summed E-state index contributed by atoms with van der Waals surface area (Å²) in [5, 5.41) is 6.17. The van der Waals surface area contributed by atoms with E-state index in [-0.39, 0.29) is 31.0 Å². The van der Waals surface area contributed by atoms with Gasteiger partial charge in [0.15, 0.2) is 0 Å². The number of hydrogen-bond donors (Lipinski definition) is 2. The van der Waals surface area contributed by atoms with Crippen molar-refractivity contribution in [3.63, 3.8) is 0 Å². The molecule has 2 aromatic carbocycles. The van der Waals surface area contributed by atoms with E-state index in [0.29, 0.717) is 42.5 Å². The fraction of sp³-hybridized carbons (Fsp3) is 0.429. The summed E-state index contributed by atoms with van der Waals surface area (Å²) in [6.07, 6.45) is 0.0250. The normalized spacial score (nSPS) is 14.7. The van der Waals surface area contributed by atoms with Crippen molar-refractivity contribution in [3.05, 3.63) is 102 Å². The lowest BCUT2D eigenvalue weighted by atomic mass is 9.89. The van der Waals surface area contributed by atoms with Crippen molar-refractivity contribution in [2.75, 3.05) is 25.0 Å². The van der Waals surface area contributed by atoms with E-state index in [1.165, 1.54) is 11.6 Å². The van der Waals surface area contributed by atoms with Gasteiger partial charge in [-0.15, -0.1) is 0 Å². The Morgan fingerprint density at radius 2 is 1.65 bits per heavy atom. The fourth-order valence-corrected chi connectivity index (χ4v) is 6.59. The van der Waals surface area contributed by atoms with Gasteiger partial charge in [0.2, 0.25) is 0 Å². The molecule has 0 unspecified atom stereocenters. The molecular formula is C42H51F2N5O5. The Hall–Kier alpha value is -5.26. The van der Waals surface area contributed by atoms with E-state index in [0.717, 1.165) is 24.1 Å². The van der Waals surface area contributed by atoms with E-state index in [1.54, 1.807) is 57.0 Å². The highest BCUT2D eigenvalue weighted by molar-refractivity contribution is 5.69. The Morgan fingerprint density at radius 1 is 0.944 bits per heavy atom. The van der Waals surface area contributed by atoms with Gasteiger partial charge in [-0.2, -0.15) is 0 Å². The van der Waals surface area contributed by atoms with Crippen LogP contribution < -0.4 is 15.4 Å². The molecule has 5 rings (SSSR count). The van der Waals surface area contributed by atoms with Gasteiger partial charge in [-0.05, 0) is 106 Å². The van der Waals surface area contributed by atoms with Crippen LogP contribution in [0, 0.1) is 5.92 Å². The molecule has 2 amide bonds. The summed E-state index contributed by atoms with van der Waals surface area (Å²) >= 11 is 0. The van der Waals surface area contributed by atoms with Crippen molar-refractivity contribution >= 4 is 23.7 Å². The molecule has 1 saturated heterocycles. The van der Waals surface area contributed by atoms with Crippen LogP contribution >= 0.6 is 0 Å². The number of ether oxygens (including phenoxy) is 3. The van der Waals surface area contributed by atoms with Gasteiger partial charge in [0.1, 0.15) is 36.1 Å². The van der Waals surface area contributed by atoms with Crippen LogP contribution in [0.1, 0.15) is 90.0 Å². The van der Waals surface area contributed by atoms with Crippen LogP contribution in [0.5, 0.6) is 5.75 Å². The second-order valence-electron chi connectivity index (χ2n) is 15.4. The van der Waals surface area contributed by atoms with Gasteiger partial charge in [-0.25, -0.2) is 28.3 Å². The number of amides is 2. The summed E-state index contributed by atoms with van der Waals surface area (Å²) in [5.41, 5.74) is 1.84. The number of nitrogens with zero attached hydrogens (tertiary/aromatic N) is 3. The molecule has 1 aliphatic heterocycles.